The number of hydrogen-bond donors (Lipinski definition) is 2. The van der Waals surface area contributed by atoms with E-state index in [4.69, 9.17) is 21.3 Å². The van der Waals surface area contributed by atoms with Gasteiger partial charge in [-0.25, -0.2) is 4.79 Å². The molecule has 1 aromatic heterocycles. The zero-order chi connectivity index (χ0) is 29.6. The van der Waals surface area contributed by atoms with Crippen molar-refractivity contribution in [1.29, 1.82) is 0 Å². The van der Waals surface area contributed by atoms with Gasteiger partial charge in [-0.1, -0.05) is 71.8 Å². The highest BCUT2D eigenvalue weighted by Gasteiger charge is 2.20. The molecule has 0 aliphatic rings. The van der Waals surface area contributed by atoms with Crippen molar-refractivity contribution in [3.63, 3.8) is 0 Å². The Morgan fingerprint density at radius 3 is 2.22 bits per heavy atom. The molecule has 0 aliphatic carbocycles. The molecule has 0 saturated heterocycles. The molecular formula is C31H31ClN4O4S. The average molecular weight is 591 g/mol. The number of ether oxygens (including phenoxy) is 1. The maximum absolute atomic E-state index is 13.0. The van der Waals surface area contributed by atoms with Crippen LogP contribution in [0.3, 0.4) is 0 Å². The molecule has 0 fully saturated rings. The van der Waals surface area contributed by atoms with E-state index in [1.165, 1.54) is 12.1 Å². The molecule has 1 heterocycles. The van der Waals surface area contributed by atoms with Crippen molar-refractivity contribution in [2.45, 2.75) is 44.7 Å². The van der Waals surface area contributed by atoms with E-state index in [0.717, 1.165) is 33.5 Å². The van der Waals surface area contributed by atoms with Crippen LogP contribution in [-0.2, 0) is 21.3 Å². The molecule has 0 unspecified atom stereocenters. The van der Waals surface area contributed by atoms with Crippen molar-refractivity contribution < 1.29 is 17.9 Å². The molecule has 10 heteroatoms. The molecule has 41 heavy (non-hydrogen) atoms. The molecule has 1 amide bonds. The first-order chi connectivity index (χ1) is 19.4. The van der Waals surface area contributed by atoms with Crippen molar-refractivity contribution in [2.75, 3.05) is 0 Å². The highest BCUT2D eigenvalue weighted by molar-refractivity contribution is 7.90. The number of hydrogen-bond acceptors (Lipinski definition) is 5. The second-order valence-corrected chi connectivity index (χ2v) is 12.4. The summed E-state index contributed by atoms with van der Waals surface area (Å²) >= 11 is 6.14. The fourth-order valence-electron chi connectivity index (χ4n) is 3.85. The van der Waals surface area contributed by atoms with E-state index in [1.54, 1.807) is 45.2 Å². The van der Waals surface area contributed by atoms with Crippen molar-refractivity contribution in [2.24, 2.45) is 4.40 Å². The minimum Gasteiger partial charge on any atom is -0.444 e. The van der Waals surface area contributed by atoms with Gasteiger partial charge in [0.05, 0.1) is 10.6 Å². The van der Waals surface area contributed by atoms with E-state index < -0.39 is 21.7 Å². The number of nitrogens with zero attached hydrogens (tertiary/aromatic N) is 2. The largest absolute Gasteiger partial charge is 0.444 e. The van der Waals surface area contributed by atoms with Gasteiger partial charge in [0.2, 0.25) is 5.96 Å². The van der Waals surface area contributed by atoms with Crippen molar-refractivity contribution in [1.82, 2.24) is 15.6 Å². The molecule has 3 aromatic carbocycles. The number of aryl methyl sites for hydroxylation is 1. The summed E-state index contributed by atoms with van der Waals surface area (Å²) in [5.41, 5.74) is 4.56. The second-order valence-electron chi connectivity index (χ2n) is 10.3. The van der Waals surface area contributed by atoms with Crippen LogP contribution < -0.4 is 10.6 Å². The van der Waals surface area contributed by atoms with Gasteiger partial charge in [-0.05, 0) is 69.2 Å². The van der Waals surface area contributed by atoms with Gasteiger partial charge in [-0.15, -0.1) is 4.40 Å². The van der Waals surface area contributed by atoms with E-state index in [2.05, 4.69) is 15.0 Å². The quantitative estimate of drug-likeness (QED) is 0.190. The first-order valence-corrected chi connectivity index (χ1v) is 14.7. The third-order valence-corrected chi connectivity index (χ3v) is 7.30. The Hall–Kier alpha value is -4.21. The molecule has 0 saturated carbocycles. The zero-order valence-corrected chi connectivity index (χ0v) is 24.8. The molecule has 212 valence electrons. The monoisotopic (exact) mass is 590 g/mol. The standard InChI is InChI=1S/C31H31ClN4O4S/c1-21-10-12-24(13-11-21)28-27(23-14-16-25(32)17-15-23)18-22(19-33-28)20-34-29(35-30(37)40-31(2,3)4)36-41(38,39)26-8-6-5-7-9-26/h5-19H,20H2,1-4H3,(H2,34,35,36,37). The maximum Gasteiger partial charge on any atom is 0.414 e. The number of sulfonamides is 1. The second kappa shape index (κ2) is 12.5. The molecule has 0 aliphatic heterocycles. The zero-order valence-electron chi connectivity index (χ0n) is 23.2. The summed E-state index contributed by atoms with van der Waals surface area (Å²) in [4.78, 5) is 17.3. The molecule has 8 nitrogen and oxygen atoms in total. The highest BCUT2D eigenvalue weighted by atomic mass is 35.5. The lowest BCUT2D eigenvalue weighted by molar-refractivity contribution is 0.0561. The summed E-state index contributed by atoms with van der Waals surface area (Å²) in [6, 6.07) is 25.2. The predicted octanol–water partition coefficient (Wildman–Crippen LogP) is 6.74. The lowest BCUT2D eigenvalue weighted by Gasteiger charge is -2.20. The van der Waals surface area contributed by atoms with Gasteiger partial charge in [-0.2, -0.15) is 8.42 Å². The van der Waals surface area contributed by atoms with Gasteiger partial charge >= 0.3 is 6.09 Å². The van der Waals surface area contributed by atoms with E-state index in [0.29, 0.717) is 5.02 Å². The van der Waals surface area contributed by atoms with Crippen molar-refractivity contribution >= 4 is 33.7 Å². The minimum absolute atomic E-state index is 0.0144. The van der Waals surface area contributed by atoms with Crippen LogP contribution in [0.5, 0.6) is 0 Å². The summed E-state index contributed by atoms with van der Waals surface area (Å²) in [5, 5.41) is 5.97. The van der Waals surface area contributed by atoms with Crippen LogP contribution >= 0.6 is 11.6 Å². The van der Waals surface area contributed by atoms with Gasteiger partial charge in [0.1, 0.15) is 5.60 Å². The van der Waals surface area contributed by atoms with Crippen LogP contribution in [-0.4, -0.2) is 31.1 Å². The Kier molecular flexibility index (Phi) is 9.10. The molecule has 4 rings (SSSR count). The smallest absolute Gasteiger partial charge is 0.414 e. The van der Waals surface area contributed by atoms with Gasteiger partial charge < -0.3 is 10.1 Å². The average Bonchev–Trinajstić information content (AvgIpc) is 2.92. The summed E-state index contributed by atoms with van der Waals surface area (Å²) in [5.74, 6) is -0.279. The van der Waals surface area contributed by atoms with Crippen LogP contribution in [0.25, 0.3) is 22.4 Å². The number of alkyl carbamates (subject to hydrolysis) is 1. The molecule has 2 N–H and O–H groups in total. The SMILES string of the molecule is Cc1ccc(-c2ncc(CNC(=NS(=O)(=O)c3ccccc3)NC(=O)OC(C)(C)C)cc2-c2ccc(Cl)cc2)cc1. The predicted molar refractivity (Wildman–Crippen MR) is 162 cm³/mol. The first-order valence-electron chi connectivity index (χ1n) is 12.9. The molecular weight excluding hydrogens is 560 g/mol. The van der Waals surface area contributed by atoms with Crippen LogP contribution in [0.1, 0.15) is 31.9 Å². The Labute approximate surface area is 245 Å². The number of pyridine rings is 1. The number of rotatable bonds is 6. The Morgan fingerprint density at radius 2 is 1.59 bits per heavy atom. The summed E-state index contributed by atoms with van der Waals surface area (Å²) in [6.45, 7) is 7.25. The lowest BCUT2D eigenvalue weighted by atomic mass is 9.97. The highest BCUT2D eigenvalue weighted by Crippen LogP contribution is 2.32. The third-order valence-electron chi connectivity index (χ3n) is 5.76. The first kappa shape index (κ1) is 29.8. The van der Waals surface area contributed by atoms with Gasteiger partial charge in [0.15, 0.2) is 0 Å². The third kappa shape index (κ3) is 8.39. The number of carbonyl (C=O) groups excluding carboxylic acids is 1. The number of nitrogens with one attached hydrogen (secondary N) is 2. The topological polar surface area (TPSA) is 110 Å². The van der Waals surface area contributed by atoms with Crippen molar-refractivity contribution in [3.05, 3.63) is 107 Å². The molecule has 0 radical (unpaired) electrons. The molecule has 4 aromatic rings. The summed E-state index contributed by atoms with van der Waals surface area (Å²) in [6.07, 6.45) is 0.847. The Morgan fingerprint density at radius 1 is 0.951 bits per heavy atom. The molecule has 0 atom stereocenters. The number of amides is 1. The maximum atomic E-state index is 13.0. The number of aromatic nitrogens is 1. The fraction of sp³-hybridized carbons (Fsp3) is 0.194. The van der Waals surface area contributed by atoms with Crippen molar-refractivity contribution in [3.8, 4) is 22.4 Å². The Balaban J connectivity index is 1.67. The van der Waals surface area contributed by atoms with E-state index >= 15 is 0 Å². The van der Waals surface area contributed by atoms with Gasteiger partial charge in [-0.3, -0.25) is 10.3 Å². The number of benzene rings is 3. The van der Waals surface area contributed by atoms with Crippen LogP contribution in [0.4, 0.5) is 4.79 Å². The molecule has 0 bridgehead atoms. The normalized spacial score (nSPS) is 12.1. The fourth-order valence-corrected chi connectivity index (χ4v) is 4.93. The molecule has 0 spiro atoms. The number of halogens is 1. The van der Waals surface area contributed by atoms with Gasteiger partial charge in [0.25, 0.3) is 10.0 Å². The van der Waals surface area contributed by atoms with Crippen LogP contribution in [0, 0.1) is 6.92 Å². The van der Waals surface area contributed by atoms with E-state index in [1.807, 2.05) is 61.5 Å². The summed E-state index contributed by atoms with van der Waals surface area (Å²) < 4.78 is 35.1. The van der Waals surface area contributed by atoms with Crippen LogP contribution in [0.2, 0.25) is 5.02 Å². The summed E-state index contributed by atoms with van der Waals surface area (Å²) in [7, 11) is -4.13. The lowest BCUT2D eigenvalue weighted by Crippen LogP contribution is -2.43. The number of carbonyl (C=O) groups is 1. The van der Waals surface area contributed by atoms with Gasteiger partial charge in [0, 0.05) is 28.9 Å². The minimum atomic E-state index is -4.13. The Bertz CT molecular complexity index is 1650. The van der Waals surface area contributed by atoms with Crippen LogP contribution in [0.15, 0.2) is 100 Å². The van der Waals surface area contributed by atoms with E-state index in [9.17, 15) is 13.2 Å². The number of guanidine groups is 1. The van der Waals surface area contributed by atoms with E-state index in [-0.39, 0.29) is 17.4 Å².